The molecule has 26 heavy (non-hydrogen) atoms. The van der Waals surface area contributed by atoms with E-state index in [2.05, 4.69) is 25.8 Å². The number of sulfonamides is 1. The number of guanidine groups is 1. The summed E-state index contributed by atoms with van der Waals surface area (Å²) < 4.78 is 24.7. The Labute approximate surface area is 151 Å². The summed E-state index contributed by atoms with van der Waals surface area (Å²) in [5.41, 5.74) is 1.54. The Hall–Kier alpha value is -2.98. The van der Waals surface area contributed by atoms with Crippen molar-refractivity contribution in [2.45, 2.75) is 18.0 Å². The molecule has 0 spiro atoms. The summed E-state index contributed by atoms with van der Waals surface area (Å²) in [5.74, 6) is 1.30. The standard InChI is InChI=1S/C16H19N7O2S/c1-18-16(19-10-12-5-4-6-13(9-12)26(17,24)25)20-11-15-22-21-14-7-2-3-8-23(14)15/h2-9H,10-11H2,1H3,(H2,17,24,25)(H2,18,19,20). The van der Waals surface area contributed by atoms with Crippen LogP contribution in [0, 0.1) is 0 Å². The van der Waals surface area contributed by atoms with Crippen LogP contribution in [0.3, 0.4) is 0 Å². The lowest BCUT2D eigenvalue weighted by Gasteiger charge is -2.11. The van der Waals surface area contributed by atoms with Crippen LogP contribution in [0.5, 0.6) is 0 Å². The van der Waals surface area contributed by atoms with E-state index in [0.717, 1.165) is 17.0 Å². The number of nitrogens with one attached hydrogen (secondary N) is 2. The molecule has 2 aromatic heterocycles. The Morgan fingerprint density at radius 1 is 1.15 bits per heavy atom. The van der Waals surface area contributed by atoms with E-state index in [1.807, 2.05) is 28.8 Å². The molecule has 9 nitrogen and oxygen atoms in total. The summed E-state index contributed by atoms with van der Waals surface area (Å²) in [7, 11) is -2.07. The van der Waals surface area contributed by atoms with Crippen LogP contribution in [0.1, 0.15) is 11.4 Å². The van der Waals surface area contributed by atoms with Gasteiger partial charge in [0.05, 0.1) is 11.4 Å². The summed E-state index contributed by atoms with van der Waals surface area (Å²) in [4.78, 5) is 4.23. The summed E-state index contributed by atoms with van der Waals surface area (Å²) in [6.45, 7) is 0.825. The van der Waals surface area contributed by atoms with Gasteiger partial charge in [-0.2, -0.15) is 0 Å². The first-order valence-corrected chi connectivity index (χ1v) is 9.37. The van der Waals surface area contributed by atoms with Gasteiger partial charge in [-0.05, 0) is 29.8 Å². The predicted octanol–water partition coefficient (Wildman–Crippen LogP) is 0.242. The molecule has 3 rings (SSSR count). The third-order valence-electron chi connectivity index (χ3n) is 3.71. The van der Waals surface area contributed by atoms with Crippen LogP contribution in [0.15, 0.2) is 58.5 Å². The number of aliphatic imine (C=N–C) groups is 1. The van der Waals surface area contributed by atoms with Gasteiger partial charge >= 0.3 is 0 Å². The lowest BCUT2D eigenvalue weighted by molar-refractivity contribution is 0.597. The molecule has 1 aromatic carbocycles. The number of pyridine rings is 1. The zero-order valence-electron chi connectivity index (χ0n) is 14.1. The molecule has 136 valence electrons. The molecule has 0 atom stereocenters. The Morgan fingerprint density at radius 3 is 2.73 bits per heavy atom. The van der Waals surface area contributed by atoms with Crippen molar-refractivity contribution in [1.82, 2.24) is 25.2 Å². The predicted molar refractivity (Wildman–Crippen MR) is 97.8 cm³/mol. The minimum absolute atomic E-state index is 0.0784. The number of fused-ring (bicyclic) bond motifs is 1. The van der Waals surface area contributed by atoms with E-state index < -0.39 is 10.0 Å². The second-order valence-electron chi connectivity index (χ2n) is 5.52. The molecule has 3 aromatic rings. The van der Waals surface area contributed by atoms with Crippen LogP contribution >= 0.6 is 0 Å². The Balaban J connectivity index is 1.62. The topological polar surface area (TPSA) is 127 Å². The molecule has 0 aliphatic heterocycles. The quantitative estimate of drug-likeness (QED) is 0.434. The molecule has 4 N–H and O–H groups in total. The van der Waals surface area contributed by atoms with Gasteiger partial charge in [-0.3, -0.25) is 9.39 Å². The normalized spacial score (nSPS) is 12.3. The summed E-state index contributed by atoms with van der Waals surface area (Å²) in [5, 5.41) is 19.7. The average Bonchev–Trinajstić information content (AvgIpc) is 3.05. The highest BCUT2D eigenvalue weighted by atomic mass is 32.2. The van der Waals surface area contributed by atoms with Crippen molar-refractivity contribution < 1.29 is 8.42 Å². The number of rotatable bonds is 5. The van der Waals surface area contributed by atoms with Gasteiger partial charge in [-0.25, -0.2) is 13.6 Å². The van der Waals surface area contributed by atoms with Gasteiger partial charge in [-0.1, -0.05) is 18.2 Å². The van der Waals surface area contributed by atoms with Gasteiger partial charge in [0.1, 0.15) is 0 Å². The van der Waals surface area contributed by atoms with Crippen LogP contribution in [0.4, 0.5) is 0 Å². The van der Waals surface area contributed by atoms with Crippen molar-refractivity contribution in [3.8, 4) is 0 Å². The molecule has 2 heterocycles. The van der Waals surface area contributed by atoms with Gasteiger partial charge < -0.3 is 10.6 Å². The number of nitrogens with zero attached hydrogens (tertiary/aromatic N) is 4. The van der Waals surface area contributed by atoms with Crippen LogP contribution in [-0.4, -0.2) is 36.0 Å². The molecule has 0 amide bonds. The first-order valence-electron chi connectivity index (χ1n) is 7.82. The molecule has 0 radical (unpaired) electrons. The van der Waals surface area contributed by atoms with Crippen molar-refractivity contribution in [2.24, 2.45) is 10.1 Å². The van der Waals surface area contributed by atoms with E-state index in [0.29, 0.717) is 19.0 Å². The summed E-state index contributed by atoms with van der Waals surface area (Å²) in [6, 6.07) is 12.1. The van der Waals surface area contributed by atoms with E-state index >= 15 is 0 Å². The fourth-order valence-corrected chi connectivity index (χ4v) is 3.00. The van der Waals surface area contributed by atoms with Gasteiger partial charge in [0.2, 0.25) is 10.0 Å². The SMILES string of the molecule is CN=C(NCc1cccc(S(N)(=O)=O)c1)NCc1nnc2ccccn12. The minimum Gasteiger partial charge on any atom is -0.352 e. The van der Waals surface area contributed by atoms with Crippen molar-refractivity contribution in [3.63, 3.8) is 0 Å². The number of hydrogen-bond donors (Lipinski definition) is 3. The first kappa shape index (κ1) is 17.8. The van der Waals surface area contributed by atoms with E-state index in [4.69, 9.17) is 5.14 Å². The maximum absolute atomic E-state index is 11.4. The fourth-order valence-electron chi connectivity index (χ4n) is 2.41. The van der Waals surface area contributed by atoms with Crippen molar-refractivity contribution >= 4 is 21.6 Å². The molecule has 10 heteroatoms. The summed E-state index contributed by atoms with van der Waals surface area (Å²) >= 11 is 0. The molecule has 0 aliphatic carbocycles. The van der Waals surface area contributed by atoms with Crippen LogP contribution in [-0.2, 0) is 23.1 Å². The van der Waals surface area contributed by atoms with E-state index in [-0.39, 0.29) is 4.90 Å². The van der Waals surface area contributed by atoms with Gasteiger partial charge in [0.15, 0.2) is 17.4 Å². The maximum Gasteiger partial charge on any atom is 0.238 e. The Bertz CT molecular complexity index is 1040. The highest BCUT2D eigenvalue weighted by Crippen LogP contribution is 2.09. The monoisotopic (exact) mass is 373 g/mol. The van der Waals surface area contributed by atoms with E-state index in [9.17, 15) is 8.42 Å². The third kappa shape index (κ3) is 4.16. The first-order chi connectivity index (χ1) is 12.5. The largest absolute Gasteiger partial charge is 0.352 e. The van der Waals surface area contributed by atoms with Crippen molar-refractivity contribution in [2.75, 3.05) is 7.05 Å². The number of benzene rings is 1. The van der Waals surface area contributed by atoms with Crippen molar-refractivity contribution in [3.05, 3.63) is 60.0 Å². The van der Waals surface area contributed by atoms with E-state index in [1.165, 1.54) is 12.1 Å². The van der Waals surface area contributed by atoms with Gasteiger partial charge in [0, 0.05) is 19.8 Å². The summed E-state index contributed by atoms with van der Waals surface area (Å²) in [6.07, 6.45) is 1.89. The zero-order valence-corrected chi connectivity index (χ0v) is 14.9. The van der Waals surface area contributed by atoms with Crippen LogP contribution in [0.2, 0.25) is 0 Å². The highest BCUT2D eigenvalue weighted by Gasteiger charge is 2.09. The lowest BCUT2D eigenvalue weighted by atomic mass is 10.2. The number of hydrogen-bond acceptors (Lipinski definition) is 5. The molecule has 0 fully saturated rings. The molecular weight excluding hydrogens is 354 g/mol. The smallest absolute Gasteiger partial charge is 0.238 e. The molecular formula is C16H19N7O2S. The lowest BCUT2D eigenvalue weighted by Crippen LogP contribution is -2.36. The number of aromatic nitrogens is 3. The average molecular weight is 373 g/mol. The molecule has 0 unspecified atom stereocenters. The van der Waals surface area contributed by atoms with Crippen LogP contribution in [0.25, 0.3) is 5.65 Å². The zero-order chi connectivity index (χ0) is 18.6. The van der Waals surface area contributed by atoms with Gasteiger partial charge in [-0.15, -0.1) is 10.2 Å². The number of nitrogens with two attached hydrogens (primary N) is 1. The maximum atomic E-state index is 11.4. The van der Waals surface area contributed by atoms with E-state index in [1.54, 1.807) is 19.2 Å². The molecule has 0 aliphatic rings. The Morgan fingerprint density at radius 2 is 1.96 bits per heavy atom. The second kappa shape index (κ2) is 7.50. The van der Waals surface area contributed by atoms with Crippen molar-refractivity contribution in [1.29, 1.82) is 0 Å². The van der Waals surface area contributed by atoms with Gasteiger partial charge in [0.25, 0.3) is 0 Å². The molecule has 0 saturated heterocycles. The molecule has 0 saturated carbocycles. The van der Waals surface area contributed by atoms with Crippen LogP contribution < -0.4 is 15.8 Å². The molecule has 0 bridgehead atoms. The fraction of sp³-hybridized carbons (Fsp3) is 0.188. The third-order valence-corrected chi connectivity index (χ3v) is 4.62. The Kier molecular flexibility index (Phi) is 5.14. The number of primary sulfonamides is 1. The highest BCUT2D eigenvalue weighted by molar-refractivity contribution is 7.89. The second-order valence-corrected chi connectivity index (χ2v) is 7.08. The minimum atomic E-state index is -3.72.